The minimum Gasteiger partial charge on any atom is -0.371 e. The average molecular weight is 552 g/mol. The van der Waals surface area contributed by atoms with Crippen molar-refractivity contribution in [3.05, 3.63) is 11.1 Å². The van der Waals surface area contributed by atoms with Crippen LogP contribution >= 0.6 is 0 Å². The number of allylic oxidation sites excluding steroid dienone is 1. The molecular weight excluding hydrogens is 494 g/mol. The molecule has 5 fully saturated rings. The van der Waals surface area contributed by atoms with E-state index in [4.69, 9.17) is 4.74 Å². The molecule has 1 spiro atoms. The number of nitrogens with one attached hydrogen (secondary N) is 1. The Balaban J connectivity index is 1.19. The molecule has 0 aromatic carbocycles. The fraction of sp³-hybridized carbons (Fsp3) is 0.889. The van der Waals surface area contributed by atoms with Crippen molar-refractivity contribution >= 4 is 11.7 Å². The molecule has 1 N–H and O–H groups in total. The molecule has 1 saturated heterocycles. The Kier molecular flexibility index (Phi) is 7.40. The minimum absolute atomic E-state index is 0.0123. The Bertz CT molecular complexity index is 1050. The molecule has 1 unspecified atom stereocenters. The summed E-state index contributed by atoms with van der Waals surface area (Å²) in [5.74, 6) is 6.13. The van der Waals surface area contributed by atoms with E-state index in [1.165, 1.54) is 44.9 Å². The first-order valence-electron chi connectivity index (χ1n) is 17.0. The first kappa shape index (κ1) is 28.9. The van der Waals surface area contributed by atoms with Crippen molar-refractivity contribution < 1.29 is 14.3 Å². The second kappa shape index (κ2) is 10.2. The van der Waals surface area contributed by atoms with Crippen molar-refractivity contribution in [2.24, 2.45) is 58.2 Å². The van der Waals surface area contributed by atoms with E-state index >= 15 is 0 Å². The number of hydrogen-bond acceptors (Lipinski definition) is 3. The van der Waals surface area contributed by atoms with Crippen LogP contribution in [0.2, 0.25) is 0 Å². The third-order valence-corrected chi connectivity index (χ3v) is 13.5. The number of carbonyl (C=O) groups is 2. The molecule has 0 aromatic heterocycles. The molecule has 6 rings (SSSR count). The summed E-state index contributed by atoms with van der Waals surface area (Å²) in [4.78, 5) is 24.8. The summed E-state index contributed by atoms with van der Waals surface area (Å²) in [7, 11) is 0. The van der Waals surface area contributed by atoms with Crippen LogP contribution in [0.4, 0.5) is 0 Å². The third kappa shape index (κ3) is 4.75. The van der Waals surface area contributed by atoms with Gasteiger partial charge in [-0.3, -0.25) is 9.59 Å². The minimum atomic E-state index is -0.330. The Morgan fingerprint density at radius 2 is 1.85 bits per heavy atom. The van der Waals surface area contributed by atoms with Crippen molar-refractivity contribution in [2.75, 3.05) is 6.54 Å². The lowest BCUT2D eigenvalue weighted by Gasteiger charge is -2.52. The van der Waals surface area contributed by atoms with Crippen molar-refractivity contribution in [1.82, 2.24) is 5.32 Å². The normalized spacial score (nSPS) is 46.9. The average Bonchev–Trinajstić information content (AvgIpc) is 3.34. The maximum absolute atomic E-state index is 12.5. The molecule has 4 nitrogen and oxygen atoms in total. The van der Waals surface area contributed by atoms with Gasteiger partial charge in [-0.2, -0.15) is 0 Å². The molecule has 224 valence electrons. The zero-order valence-electron chi connectivity index (χ0n) is 26.6. The van der Waals surface area contributed by atoms with Crippen molar-refractivity contribution in [3.63, 3.8) is 0 Å². The molecule has 11 atom stereocenters. The van der Waals surface area contributed by atoms with Crippen molar-refractivity contribution in [1.29, 1.82) is 0 Å². The lowest BCUT2D eigenvalue weighted by molar-refractivity contribution is -0.130. The van der Waals surface area contributed by atoms with E-state index in [1.807, 2.05) is 20.8 Å². The van der Waals surface area contributed by atoms with E-state index in [1.54, 1.807) is 11.1 Å². The zero-order chi connectivity index (χ0) is 28.6. The molecule has 1 heterocycles. The van der Waals surface area contributed by atoms with Gasteiger partial charge in [0.2, 0.25) is 5.91 Å². The second-order valence-electron chi connectivity index (χ2n) is 16.8. The van der Waals surface area contributed by atoms with Gasteiger partial charge in [-0.25, -0.2) is 0 Å². The molecule has 0 bridgehead atoms. The van der Waals surface area contributed by atoms with Crippen LogP contribution in [0.25, 0.3) is 0 Å². The molecule has 6 aliphatic rings. The lowest BCUT2D eigenvalue weighted by atomic mass is 9.52. The molecular formula is C36H57NO3. The highest BCUT2D eigenvalue weighted by atomic mass is 16.5. The first-order chi connectivity index (χ1) is 18.8. The smallest absolute Gasteiger partial charge is 0.225 e. The molecule has 0 aromatic rings. The summed E-state index contributed by atoms with van der Waals surface area (Å²) in [5.41, 5.74) is 3.47. The second-order valence-corrected chi connectivity index (χ2v) is 16.8. The standard InChI is InChI=1S/C36H57NO3/c1-21-16-24(12-15-37-33(39)34(4,5)6)32-23(3)36(40-31(32)17-21)14-11-27-28-9-8-25-18-26(38)10-13-35(25,7)30(28)19-29(27)22(2)20-36/h21,23-25,27-28,30-32H,8-20H2,1-7H3,(H,37,39)/t21-,23-,24?,25-,27+,28+,30+,31-,32-,35+,36+/m1/s1. The topological polar surface area (TPSA) is 55.4 Å². The van der Waals surface area contributed by atoms with Gasteiger partial charge < -0.3 is 10.1 Å². The maximum Gasteiger partial charge on any atom is 0.225 e. The Labute approximate surface area is 244 Å². The summed E-state index contributed by atoms with van der Waals surface area (Å²) >= 11 is 0. The van der Waals surface area contributed by atoms with Gasteiger partial charge in [0.15, 0.2) is 0 Å². The van der Waals surface area contributed by atoms with Crippen LogP contribution in [0.1, 0.15) is 126 Å². The van der Waals surface area contributed by atoms with Crippen molar-refractivity contribution in [2.45, 2.75) is 137 Å². The van der Waals surface area contributed by atoms with Crippen LogP contribution < -0.4 is 5.32 Å². The highest BCUT2D eigenvalue weighted by Gasteiger charge is 2.60. The van der Waals surface area contributed by atoms with E-state index in [0.29, 0.717) is 46.9 Å². The number of Topliss-reactive ketones (excluding diaryl/α,β-unsaturated/α-hetero) is 1. The summed E-state index contributed by atoms with van der Waals surface area (Å²) in [5, 5.41) is 3.24. The van der Waals surface area contributed by atoms with Gasteiger partial charge in [-0.05, 0) is 124 Å². The van der Waals surface area contributed by atoms with E-state index in [0.717, 1.165) is 56.4 Å². The molecule has 1 aliphatic heterocycles. The summed E-state index contributed by atoms with van der Waals surface area (Å²) in [6.45, 7) is 16.7. The summed E-state index contributed by atoms with van der Waals surface area (Å²) in [6.07, 6.45) is 14.2. The maximum atomic E-state index is 12.5. The third-order valence-electron chi connectivity index (χ3n) is 13.5. The Morgan fingerprint density at radius 1 is 1.07 bits per heavy atom. The molecule has 0 radical (unpaired) electrons. The molecule has 4 saturated carbocycles. The van der Waals surface area contributed by atoms with Gasteiger partial charge in [-0.15, -0.1) is 0 Å². The van der Waals surface area contributed by atoms with Crippen LogP contribution in [0.3, 0.4) is 0 Å². The quantitative estimate of drug-likeness (QED) is 0.363. The summed E-state index contributed by atoms with van der Waals surface area (Å²) in [6, 6.07) is 0. The Morgan fingerprint density at radius 3 is 2.60 bits per heavy atom. The number of fused-ring (bicyclic) bond motifs is 6. The molecule has 1 amide bonds. The van der Waals surface area contributed by atoms with Crippen LogP contribution in [-0.4, -0.2) is 29.9 Å². The lowest BCUT2D eigenvalue weighted by Crippen LogP contribution is -2.46. The van der Waals surface area contributed by atoms with Crippen LogP contribution in [0.15, 0.2) is 11.1 Å². The fourth-order valence-electron chi connectivity index (χ4n) is 11.3. The fourth-order valence-corrected chi connectivity index (χ4v) is 11.3. The van der Waals surface area contributed by atoms with E-state index in [-0.39, 0.29) is 16.9 Å². The number of carbonyl (C=O) groups excluding carboxylic acids is 2. The SMILES string of the molecule is CC1=C2C[C@H]3[C@@H](CC[C@@H]4CC(=O)CC[C@@]43C)[C@@H]2CC[C@@]2(C1)O[C@@H]1C[C@H](C)CC(CCNC(=O)C(C)(C)C)[C@H]1[C@H]2C. The number of ketones is 1. The van der Waals surface area contributed by atoms with Crippen LogP contribution in [0, 0.1) is 58.2 Å². The van der Waals surface area contributed by atoms with E-state index in [2.05, 4.69) is 33.0 Å². The number of amides is 1. The van der Waals surface area contributed by atoms with Crippen molar-refractivity contribution in [3.8, 4) is 0 Å². The van der Waals surface area contributed by atoms with E-state index < -0.39 is 0 Å². The Hall–Kier alpha value is -1.16. The molecule has 4 heteroatoms. The van der Waals surface area contributed by atoms with Gasteiger partial charge in [0, 0.05) is 24.8 Å². The van der Waals surface area contributed by atoms with Gasteiger partial charge in [-0.1, -0.05) is 52.7 Å². The zero-order valence-corrected chi connectivity index (χ0v) is 26.6. The van der Waals surface area contributed by atoms with E-state index in [9.17, 15) is 9.59 Å². The highest BCUT2D eigenvalue weighted by Crippen LogP contribution is 2.65. The highest BCUT2D eigenvalue weighted by molar-refractivity contribution is 5.81. The van der Waals surface area contributed by atoms with Gasteiger partial charge >= 0.3 is 0 Å². The van der Waals surface area contributed by atoms with Gasteiger partial charge in [0.05, 0.1) is 11.7 Å². The number of rotatable bonds is 3. The monoisotopic (exact) mass is 551 g/mol. The number of ether oxygens (including phenoxy) is 1. The van der Waals surface area contributed by atoms with Crippen LogP contribution in [-0.2, 0) is 14.3 Å². The first-order valence-corrected chi connectivity index (χ1v) is 17.0. The van der Waals surface area contributed by atoms with Gasteiger partial charge in [0.1, 0.15) is 5.78 Å². The number of hydrogen-bond donors (Lipinski definition) is 1. The van der Waals surface area contributed by atoms with Crippen LogP contribution in [0.5, 0.6) is 0 Å². The largest absolute Gasteiger partial charge is 0.371 e. The summed E-state index contributed by atoms with van der Waals surface area (Å²) < 4.78 is 7.30. The molecule has 5 aliphatic carbocycles. The predicted molar refractivity (Wildman–Crippen MR) is 161 cm³/mol. The molecule has 40 heavy (non-hydrogen) atoms. The predicted octanol–water partition coefficient (Wildman–Crippen LogP) is 7.90. The van der Waals surface area contributed by atoms with Gasteiger partial charge in [0.25, 0.3) is 0 Å².